The van der Waals surface area contributed by atoms with E-state index in [-0.39, 0.29) is 25.8 Å². The van der Waals surface area contributed by atoms with Crippen LogP contribution in [0.15, 0.2) is 133 Å². The summed E-state index contributed by atoms with van der Waals surface area (Å²) in [5.74, 6) is 0. The van der Waals surface area contributed by atoms with Crippen LogP contribution in [0.4, 0.5) is 0 Å². The Labute approximate surface area is 224 Å². The quantitative estimate of drug-likeness (QED) is 0.144. The van der Waals surface area contributed by atoms with Crippen LogP contribution in [0, 0.1) is 13.8 Å². The van der Waals surface area contributed by atoms with Crippen molar-refractivity contribution >= 4 is 41.4 Å². The van der Waals surface area contributed by atoms with Gasteiger partial charge in [-0.3, -0.25) is 0 Å². The monoisotopic (exact) mass is 620 g/mol. The maximum absolute atomic E-state index is 2.20. The standard InChI is InChI=1S/C12H10Si.2C10H9.Hf/c1-3-7-11(8-4-1)13-12-9-5-2-6-10-12;2*1-8-6-9-4-2-3-5-10(9)7-8;/h1-10H;2*2-7H,1H3;/q;2*-1;. The number of benzene rings is 4. The molecule has 0 aliphatic carbocycles. The summed E-state index contributed by atoms with van der Waals surface area (Å²) in [5, 5.41) is 8.18. The Hall–Kier alpha value is -2.81. The Kier molecular flexibility index (Phi) is 10.00. The molecule has 0 aliphatic rings. The zero-order valence-corrected chi connectivity index (χ0v) is 24.3. The fourth-order valence-corrected chi connectivity index (χ4v) is 4.87. The van der Waals surface area contributed by atoms with Gasteiger partial charge in [-0.1, -0.05) is 97.0 Å². The normalized spacial score (nSPS) is 9.94. The minimum atomic E-state index is 0. The molecule has 34 heavy (non-hydrogen) atoms. The molecule has 0 aromatic heterocycles. The molecule has 0 amide bonds. The first-order valence-electron chi connectivity index (χ1n) is 11.3. The zero-order valence-electron chi connectivity index (χ0n) is 19.7. The predicted octanol–water partition coefficient (Wildman–Crippen LogP) is 7.07. The van der Waals surface area contributed by atoms with Gasteiger partial charge in [0, 0.05) is 25.8 Å². The van der Waals surface area contributed by atoms with Crippen LogP contribution in [0.5, 0.6) is 0 Å². The van der Waals surface area contributed by atoms with E-state index in [0.717, 1.165) is 9.52 Å². The van der Waals surface area contributed by atoms with Crippen molar-refractivity contribution in [2.75, 3.05) is 0 Å². The maximum Gasteiger partial charge on any atom is 0.121 e. The van der Waals surface area contributed by atoms with Crippen LogP contribution >= 0.6 is 0 Å². The molecule has 0 spiro atoms. The SMILES string of the molecule is Cc1cc2ccccc2[cH-]1.Cc1cc2ccccc2[cH-]1.[Hf].c1ccc([Si]c2ccccc2)cc1. The zero-order chi connectivity index (χ0) is 22.9. The molecule has 0 saturated carbocycles. The summed E-state index contributed by atoms with van der Waals surface area (Å²) in [6, 6.07) is 46.8. The molecular formula is C32H28HfSi-2. The van der Waals surface area contributed by atoms with Gasteiger partial charge in [0.25, 0.3) is 0 Å². The van der Waals surface area contributed by atoms with E-state index in [9.17, 15) is 0 Å². The molecule has 0 unspecified atom stereocenters. The van der Waals surface area contributed by atoms with Crippen molar-refractivity contribution in [1.82, 2.24) is 0 Å². The summed E-state index contributed by atoms with van der Waals surface area (Å²) in [4.78, 5) is 0. The first kappa shape index (κ1) is 25.8. The first-order chi connectivity index (χ1) is 16.2. The molecule has 6 aromatic carbocycles. The van der Waals surface area contributed by atoms with E-state index < -0.39 is 0 Å². The van der Waals surface area contributed by atoms with E-state index in [1.54, 1.807) is 0 Å². The van der Waals surface area contributed by atoms with Gasteiger partial charge in [0.05, 0.1) is 0 Å². The topological polar surface area (TPSA) is 0 Å². The average Bonchev–Trinajstić information content (AvgIpc) is 3.41. The van der Waals surface area contributed by atoms with Gasteiger partial charge in [-0.05, 0) is 0 Å². The fraction of sp³-hybridized carbons (Fsp3) is 0.0625. The van der Waals surface area contributed by atoms with Crippen molar-refractivity contribution in [3.8, 4) is 0 Å². The Morgan fingerprint density at radius 2 is 0.824 bits per heavy atom. The van der Waals surface area contributed by atoms with Gasteiger partial charge < -0.3 is 0 Å². The van der Waals surface area contributed by atoms with Crippen LogP contribution in [0.3, 0.4) is 0 Å². The van der Waals surface area contributed by atoms with Gasteiger partial charge in [-0.2, -0.15) is 12.1 Å². The molecule has 2 radical (unpaired) electrons. The molecule has 0 saturated heterocycles. The van der Waals surface area contributed by atoms with E-state index in [2.05, 4.69) is 147 Å². The molecule has 0 nitrogen and oxygen atoms in total. The number of rotatable bonds is 2. The largest absolute Gasteiger partial charge is 0.165 e. The van der Waals surface area contributed by atoms with Crippen LogP contribution < -0.4 is 10.4 Å². The molecular weight excluding hydrogens is 591 g/mol. The number of hydrogen-bond donors (Lipinski definition) is 0. The average molecular weight is 619 g/mol. The molecule has 6 aromatic rings. The third-order valence-electron chi connectivity index (χ3n) is 5.36. The van der Waals surface area contributed by atoms with E-state index >= 15 is 0 Å². The van der Waals surface area contributed by atoms with E-state index in [4.69, 9.17) is 0 Å². The summed E-state index contributed by atoms with van der Waals surface area (Å²) < 4.78 is 0. The van der Waals surface area contributed by atoms with Crippen molar-refractivity contribution in [1.29, 1.82) is 0 Å². The Bertz CT molecular complexity index is 1220. The van der Waals surface area contributed by atoms with Gasteiger partial charge in [0.2, 0.25) is 0 Å². The molecule has 0 heterocycles. The van der Waals surface area contributed by atoms with Crippen LogP contribution in [-0.4, -0.2) is 9.52 Å². The molecule has 0 atom stereocenters. The molecule has 0 N–H and O–H groups in total. The van der Waals surface area contributed by atoms with Gasteiger partial charge in [0.1, 0.15) is 9.52 Å². The van der Waals surface area contributed by atoms with Crippen LogP contribution in [-0.2, 0) is 25.8 Å². The van der Waals surface area contributed by atoms with E-state index in [0.29, 0.717) is 0 Å². The van der Waals surface area contributed by atoms with E-state index in [1.807, 2.05) is 0 Å². The van der Waals surface area contributed by atoms with Crippen molar-refractivity contribution < 1.29 is 25.8 Å². The fourth-order valence-electron chi connectivity index (χ4n) is 3.82. The van der Waals surface area contributed by atoms with Crippen molar-refractivity contribution in [3.63, 3.8) is 0 Å². The van der Waals surface area contributed by atoms with Gasteiger partial charge in [0.15, 0.2) is 0 Å². The Morgan fingerprint density at radius 1 is 0.471 bits per heavy atom. The third kappa shape index (κ3) is 7.61. The Balaban J connectivity index is 0.000000142. The van der Waals surface area contributed by atoms with Crippen LogP contribution in [0.2, 0.25) is 0 Å². The van der Waals surface area contributed by atoms with Crippen LogP contribution in [0.1, 0.15) is 11.1 Å². The molecule has 0 aliphatic heterocycles. The van der Waals surface area contributed by atoms with Crippen molar-refractivity contribution in [3.05, 3.63) is 145 Å². The molecule has 2 heteroatoms. The summed E-state index contributed by atoms with van der Waals surface area (Å²) >= 11 is 0. The molecule has 166 valence electrons. The summed E-state index contributed by atoms with van der Waals surface area (Å²) in [7, 11) is 0.777. The van der Waals surface area contributed by atoms with Gasteiger partial charge in [-0.15, -0.1) is 81.2 Å². The molecule has 6 rings (SSSR count). The van der Waals surface area contributed by atoms with E-state index in [1.165, 1.54) is 43.0 Å². The van der Waals surface area contributed by atoms with Crippen molar-refractivity contribution in [2.45, 2.75) is 13.8 Å². The van der Waals surface area contributed by atoms with Gasteiger partial charge >= 0.3 is 0 Å². The minimum Gasteiger partial charge on any atom is -0.165 e. The first-order valence-corrected chi connectivity index (χ1v) is 12.3. The maximum atomic E-state index is 2.20. The minimum absolute atomic E-state index is 0. The predicted molar refractivity (Wildman–Crippen MR) is 146 cm³/mol. The number of aryl methyl sites for hydroxylation is 2. The Morgan fingerprint density at radius 3 is 1.21 bits per heavy atom. The van der Waals surface area contributed by atoms with Crippen LogP contribution in [0.25, 0.3) is 21.5 Å². The summed E-state index contributed by atoms with van der Waals surface area (Å²) in [5.41, 5.74) is 2.70. The second-order valence-corrected chi connectivity index (χ2v) is 9.58. The smallest absolute Gasteiger partial charge is 0.121 e. The second-order valence-electron chi connectivity index (χ2n) is 8.18. The second kappa shape index (κ2) is 13.2. The summed E-state index contributed by atoms with van der Waals surface area (Å²) in [6.07, 6.45) is 0. The number of fused-ring (bicyclic) bond motifs is 2. The third-order valence-corrected chi connectivity index (χ3v) is 6.60. The van der Waals surface area contributed by atoms with Gasteiger partial charge in [-0.25, -0.2) is 0 Å². The molecule has 0 bridgehead atoms. The summed E-state index contributed by atoms with van der Waals surface area (Å²) in [6.45, 7) is 4.25. The molecule has 0 fully saturated rings. The van der Waals surface area contributed by atoms with Crippen molar-refractivity contribution in [2.24, 2.45) is 0 Å². The number of hydrogen-bond acceptors (Lipinski definition) is 0.